The molecule has 0 unspecified atom stereocenters. The summed E-state index contributed by atoms with van der Waals surface area (Å²) in [5.74, 6) is 0. The van der Waals surface area contributed by atoms with Gasteiger partial charge >= 0.3 is 0 Å². The molecule has 0 aromatic carbocycles. The van der Waals surface area contributed by atoms with E-state index in [4.69, 9.17) is 13.8 Å². The highest BCUT2D eigenvalue weighted by atomic mass is 14.5. The fraction of sp³-hybridized carbons (Fsp3) is 0.750. The van der Waals surface area contributed by atoms with Gasteiger partial charge in [0.1, 0.15) is 0 Å². The first-order chi connectivity index (χ1) is 3.41. The SMILES string of the molecule is [CH]C1(C)CC([CH])(C)C1. The van der Waals surface area contributed by atoms with E-state index in [0.717, 1.165) is 12.8 Å². The Bertz CT molecular complexity index is 76.6. The van der Waals surface area contributed by atoms with Gasteiger partial charge in [-0.1, -0.05) is 13.8 Å². The van der Waals surface area contributed by atoms with Crippen molar-refractivity contribution in [3.8, 4) is 0 Å². The standard InChI is InChI=1S/C8H12/c1-7(2)5-8(3,4)6-7/h1,3H,5-6H2,2,4H3. The summed E-state index contributed by atoms with van der Waals surface area (Å²) in [5.41, 5.74) is 0.0625. The molecule has 0 heteroatoms. The molecule has 8 heavy (non-hydrogen) atoms. The van der Waals surface area contributed by atoms with Gasteiger partial charge in [0.15, 0.2) is 0 Å². The third-order valence-electron chi connectivity index (χ3n) is 1.62. The van der Waals surface area contributed by atoms with Crippen molar-refractivity contribution in [1.82, 2.24) is 0 Å². The zero-order valence-corrected chi connectivity index (χ0v) is 5.57. The van der Waals surface area contributed by atoms with Crippen molar-refractivity contribution in [3.63, 3.8) is 0 Å². The van der Waals surface area contributed by atoms with Crippen LogP contribution in [0.4, 0.5) is 0 Å². The predicted octanol–water partition coefficient (Wildman–Crippen LogP) is 2.21. The van der Waals surface area contributed by atoms with E-state index in [1.54, 1.807) is 0 Å². The van der Waals surface area contributed by atoms with Gasteiger partial charge in [0.05, 0.1) is 0 Å². The van der Waals surface area contributed by atoms with E-state index in [1.807, 2.05) is 13.8 Å². The summed E-state index contributed by atoms with van der Waals surface area (Å²) in [6.07, 6.45) is 1.92. The molecule has 44 valence electrons. The Morgan fingerprint density at radius 3 is 1.25 bits per heavy atom. The second kappa shape index (κ2) is 1.29. The van der Waals surface area contributed by atoms with E-state index in [-0.39, 0.29) is 10.8 Å². The summed E-state index contributed by atoms with van der Waals surface area (Å²) in [6.45, 7) is 15.5. The van der Waals surface area contributed by atoms with Gasteiger partial charge in [-0.3, -0.25) is 0 Å². The number of rotatable bonds is 0. The van der Waals surface area contributed by atoms with Crippen molar-refractivity contribution in [2.45, 2.75) is 26.7 Å². The normalized spacial score (nSPS) is 31.5. The molecule has 1 aliphatic rings. The van der Waals surface area contributed by atoms with Crippen LogP contribution in [0.5, 0.6) is 0 Å². The van der Waals surface area contributed by atoms with Crippen molar-refractivity contribution < 1.29 is 0 Å². The summed E-state index contributed by atoms with van der Waals surface area (Å²) >= 11 is 0. The molecule has 0 N–H and O–H groups in total. The monoisotopic (exact) mass is 108 g/mol. The summed E-state index contributed by atoms with van der Waals surface area (Å²) in [7, 11) is 0. The minimum atomic E-state index is 0.0312. The Morgan fingerprint density at radius 2 is 1.25 bits per heavy atom. The molecule has 0 atom stereocenters. The summed E-state index contributed by atoms with van der Waals surface area (Å²) in [6, 6.07) is 0. The summed E-state index contributed by atoms with van der Waals surface area (Å²) in [5, 5.41) is 0. The Balaban J connectivity index is 2.42. The van der Waals surface area contributed by atoms with Gasteiger partial charge in [0, 0.05) is 0 Å². The Kier molecular flexibility index (Phi) is 0.984. The first kappa shape index (κ1) is 6.12. The third-order valence-corrected chi connectivity index (χ3v) is 1.62. The van der Waals surface area contributed by atoms with Crippen molar-refractivity contribution in [2.24, 2.45) is 10.8 Å². The lowest BCUT2D eigenvalue weighted by Crippen LogP contribution is -2.38. The molecule has 0 heterocycles. The second-order valence-electron chi connectivity index (χ2n) is 3.66. The van der Waals surface area contributed by atoms with Gasteiger partial charge in [-0.2, -0.15) is 0 Å². The van der Waals surface area contributed by atoms with E-state index in [2.05, 4.69) is 0 Å². The highest BCUT2D eigenvalue weighted by Gasteiger charge is 2.42. The molecule has 0 amide bonds. The first-order valence-corrected chi connectivity index (χ1v) is 2.99. The predicted molar refractivity (Wildman–Crippen MR) is 34.0 cm³/mol. The molecule has 0 aromatic rings. The van der Waals surface area contributed by atoms with Crippen LogP contribution in [-0.2, 0) is 0 Å². The first-order valence-electron chi connectivity index (χ1n) is 2.99. The van der Waals surface area contributed by atoms with E-state index < -0.39 is 0 Å². The van der Waals surface area contributed by atoms with Crippen LogP contribution in [-0.4, -0.2) is 0 Å². The van der Waals surface area contributed by atoms with Crippen molar-refractivity contribution >= 4 is 0 Å². The van der Waals surface area contributed by atoms with Crippen LogP contribution in [0, 0.1) is 24.7 Å². The Labute approximate surface area is 52.3 Å². The lowest BCUT2D eigenvalue weighted by Gasteiger charge is -2.48. The van der Waals surface area contributed by atoms with Crippen LogP contribution in [0.15, 0.2) is 0 Å². The van der Waals surface area contributed by atoms with E-state index in [0.29, 0.717) is 0 Å². The van der Waals surface area contributed by atoms with Crippen molar-refractivity contribution in [2.75, 3.05) is 0 Å². The van der Waals surface area contributed by atoms with Crippen LogP contribution in [0.2, 0.25) is 0 Å². The average Bonchev–Trinajstić information content (AvgIpc) is 1.20. The number of hydrogen-bond acceptors (Lipinski definition) is 0. The zero-order valence-electron chi connectivity index (χ0n) is 5.57. The minimum Gasteiger partial charge on any atom is -0.0593 e. The van der Waals surface area contributed by atoms with Gasteiger partial charge in [0.2, 0.25) is 0 Å². The average molecular weight is 108 g/mol. The molecule has 0 spiro atoms. The van der Waals surface area contributed by atoms with Crippen LogP contribution < -0.4 is 0 Å². The molecule has 0 aromatic heterocycles. The lowest BCUT2D eigenvalue weighted by molar-refractivity contribution is 0.0680. The molecule has 1 rings (SSSR count). The maximum Gasteiger partial charge on any atom is -0.0281 e. The van der Waals surface area contributed by atoms with Gasteiger partial charge < -0.3 is 0 Å². The van der Waals surface area contributed by atoms with Crippen LogP contribution in [0.1, 0.15) is 26.7 Å². The highest BCUT2D eigenvalue weighted by Crippen LogP contribution is 2.52. The molecule has 4 radical (unpaired) electrons. The molecule has 0 bridgehead atoms. The van der Waals surface area contributed by atoms with Crippen molar-refractivity contribution in [1.29, 1.82) is 0 Å². The molecular weight excluding hydrogens is 96.1 g/mol. The van der Waals surface area contributed by atoms with E-state index in [9.17, 15) is 0 Å². The quantitative estimate of drug-likeness (QED) is 0.446. The zero-order chi connectivity index (χ0) is 6.41. The van der Waals surface area contributed by atoms with Gasteiger partial charge in [-0.05, 0) is 37.5 Å². The maximum absolute atomic E-state index is 5.72. The molecular formula is C8H12. The summed E-state index contributed by atoms with van der Waals surface area (Å²) < 4.78 is 0. The van der Waals surface area contributed by atoms with Gasteiger partial charge in [-0.15, -0.1) is 0 Å². The molecule has 0 nitrogen and oxygen atoms in total. The number of hydrogen-bond donors (Lipinski definition) is 0. The third kappa shape index (κ3) is 1.04. The minimum absolute atomic E-state index is 0.0312. The molecule has 1 saturated carbocycles. The molecule has 1 aliphatic carbocycles. The fourth-order valence-corrected chi connectivity index (χ4v) is 1.79. The van der Waals surface area contributed by atoms with Gasteiger partial charge in [0.25, 0.3) is 0 Å². The highest BCUT2D eigenvalue weighted by molar-refractivity contribution is 5.01. The largest absolute Gasteiger partial charge is 0.0593 e. The maximum atomic E-state index is 5.72. The summed E-state index contributed by atoms with van der Waals surface area (Å²) in [4.78, 5) is 0. The Hall–Kier alpha value is 0. The molecule has 1 fully saturated rings. The topological polar surface area (TPSA) is 0 Å². The molecule has 0 saturated heterocycles. The Morgan fingerprint density at radius 1 is 1.00 bits per heavy atom. The second-order valence-corrected chi connectivity index (χ2v) is 3.66. The van der Waals surface area contributed by atoms with Crippen LogP contribution >= 0.6 is 0 Å². The fourth-order valence-electron chi connectivity index (χ4n) is 1.79. The van der Waals surface area contributed by atoms with Crippen molar-refractivity contribution in [3.05, 3.63) is 13.8 Å². The van der Waals surface area contributed by atoms with Crippen LogP contribution in [0.3, 0.4) is 0 Å². The van der Waals surface area contributed by atoms with Crippen LogP contribution in [0.25, 0.3) is 0 Å². The van der Waals surface area contributed by atoms with E-state index in [1.165, 1.54) is 0 Å². The van der Waals surface area contributed by atoms with E-state index >= 15 is 0 Å². The van der Waals surface area contributed by atoms with Gasteiger partial charge in [-0.25, -0.2) is 0 Å². The molecule has 0 aliphatic heterocycles. The lowest BCUT2D eigenvalue weighted by atomic mass is 9.56. The smallest absolute Gasteiger partial charge is 0.0281 e.